The summed E-state index contributed by atoms with van der Waals surface area (Å²) in [4.78, 5) is 3.78. The van der Waals surface area contributed by atoms with Crippen molar-refractivity contribution in [1.29, 1.82) is 0 Å². The first-order valence-electron chi connectivity index (χ1n) is 4.10. The van der Waals surface area contributed by atoms with Gasteiger partial charge < -0.3 is 0 Å². The van der Waals surface area contributed by atoms with Crippen LogP contribution in [0.1, 0.15) is 5.69 Å². The Bertz CT molecular complexity index is 284. The first-order chi connectivity index (χ1) is 6.29. The lowest BCUT2D eigenvalue weighted by molar-refractivity contribution is 0.756. The number of aryl methyl sites for hydroxylation is 2. The number of rotatable bonds is 0. The number of aromatic nitrogens is 3. The zero-order valence-electron chi connectivity index (χ0n) is 7.88. The van der Waals surface area contributed by atoms with Crippen LogP contribution in [0.15, 0.2) is 42.9 Å². The highest BCUT2D eigenvalue weighted by atomic mass is 15.2. The second-order valence-electron chi connectivity index (χ2n) is 2.66. The third-order valence-corrected chi connectivity index (χ3v) is 1.41. The fourth-order valence-corrected chi connectivity index (χ4v) is 0.844. The van der Waals surface area contributed by atoms with Gasteiger partial charge in [-0.1, -0.05) is 6.07 Å². The lowest BCUT2D eigenvalue weighted by Gasteiger charge is -1.79. The summed E-state index contributed by atoms with van der Waals surface area (Å²) in [6.45, 7) is 1.97. The average molecular weight is 175 g/mol. The number of hydrogen-bond donors (Lipinski definition) is 0. The van der Waals surface area contributed by atoms with Crippen LogP contribution in [0.3, 0.4) is 0 Å². The van der Waals surface area contributed by atoms with E-state index >= 15 is 0 Å². The minimum atomic E-state index is 1.07. The molecule has 0 spiro atoms. The summed E-state index contributed by atoms with van der Waals surface area (Å²) >= 11 is 0. The van der Waals surface area contributed by atoms with Gasteiger partial charge in [-0.15, -0.1) is 0 Å². The molecule has 0 unspecified atom stereocenters. The van der Waals surface area contributed by atoms with Gasteiger partial charge in [0.1, 0.15) is 0 Å². The molecule has 2 rings (SSSR count). The van der Waals surface area contributed by atoms with Gasteiger partial charge in [0.05, 0.1) is 5.69 Å². The monoisotopic (exact) mass is 175 g/mol. The van der Waals surface area contributed by atoms with E-state index in [1.807, 2.05) is 44.4 Å². The minimum Gasteiger partial charge on any atom is -0.276 e. The van der Waals surface area contributed by atoms with E-state index in [1.54, 1.807) is 17.1 Å². The van der Waals surface area contributed by atoms with Crippen LogP contribution in [0.2, 0.25) is 0 Å². The Hall–Kier alpha value is -1.64. The summed E-state index contributed by atoms with van der Waals surface area (Å²) in [5, 5.41) is 4.03. The van der Waals surface area contributed by atoms with Gasteiger partial charge in [0.15, 0.2) is 0 Å². The summed E-state index contributed by atoms with van der Waals surface area (Å²) in [5.41, 5.74) is 1.07. The van der Waals surface area contributed by atoms with Gasteiger partial charge in [0.2, 0.25) is 0 Å². The number of nitrogens with zero attached hydrogens (tertiary/aromatic N) is 3. The molecule has 2 aromatic heterocycles. The predicted molar refractivity (Wildman–Crippen MR) is 52.2 cm³/mol. The van der Waals surface area contributed by atoms with Gasteiger partial charge >= 0.3 is 0 Å². The molecule has 0 fully saturated rings. The first kappa shape index (κ1) is 9.45. The van der Waals surface area contributed by atoms with Crippen molar-refractivity contribution in [3.63, 3.8) is 0 Å². The maximum atomic E-state index is 4.03. The number of pyridine rings is 1. The Balaban J connectivity index is 0.000000132. The molecule has 3 heteroatoms. The van der Waals surface area contributed by atoms with E-state index in [0.29, 0.717) is 0 Å². The third-order valence-electron chi connectivity index (χ3n) is 1.41. The quantitative estimate of drug-likeness (QED) is 0.611. The van der Waals surface area contributed by atoms with Gasteiger partial charge in [-0.25, -0.2) is 0 Å². The summed E-state index contributed by atoms with van der Waals surface area (Å²) in [6.07, 6.45) is 5.43. The molecule has 0 aliphatic heterocycles. The van der Waals surface area contributed by atoms with Crippen LogP contribution in [-0.2, 0) is 7.05 Å². The molecular weight excluding hydrogens is 162 g/mol. The summed E-state index contributed by atoms with van der Waals surface area (Å²) in [5.74, 6) is 0. The standard InChI is InChI=1S/C5H8N2.C5H5N/c1-5-3-4-7(2)6-5;1-2-4-6-5-3-1/h3-4H,1-2H3;1-5H. The maximum absolute atomic E-state index is 4.03. The van der Waals surface area contributed by atoms with Crippen LogP contribution in [0.5, 0.6) is 0 Å². The summed E-state index contributed by atoms with van der Waals surface area (Å²) < 4.78 is 1.79. The molecule has 68 valence electrons. The average Bonchev–Trinajstić information content (AvgIpc) is 2.54. The zero-order chi connectivity index (χ0) is 9.52. The Morgan fingerprint density at radius 3 is 2.00 bits per heavy atom. The van der Waals surface area contributed by atoms with E-state index in [4.69, 9.17) is 0 Å². The summed E-state index contributed by atoms with van der Waals surface area (Å²) in [6, 6.07) is 7.69. The van der Waals surface area contributed by atoms with Crippen LogP contribution in [-0.4, -0.2) is 14.8 Å². The maximum Gasteiger partial charge on any atom is 0.0593 e. The van der Waals surface area contributed by atoms with Crippen molar-refractivity contribution >= 4 is 0 Å². The topological polar surface area (TPSA) is 30.7 Å². The van der Waals surface area contributed by atoms with Crippen LogP contribution < -0.4 is 0 Å². The van der Waals surface area contributed by atoms with Crippen molar-refractivity contribution < 1.29 is 0 Å². The first-order valence-corrected chi connectivity index (χ1v) is 4.10. The van der Waals surface area contributed by atoms with Crippen LogP contribution in [0, 0.1) is 6.92 Å². The SMILES string of the molecule is Cc1ccn(C)n1.c1ccncc1. The highest BCUT2D eigenvalue weighted by Crippen LogP contribution is 1.86. The number of hydrogen-bond acceptors (Lipinski definition) is 2. The molecule has 0 saturated heterocycles. The molecule has 0 aromatic carbocycles. The Labute approximate surface area is 78.1 Å². The largest absolute Gasteiger partial charge is 0.276 e. The highest BCUT2D eigenvalue weighted by Gasteiger charge is 1.81. The molecule has 3 nitrogen and oxygen atoms in total. The normalized spacial score (nSPS) is 8.77. The van der Waals surface area contributed by atoms with Crippen molar-refractivity contribution in [3.8, 4) is 0 Å². The van der Waals surface area contributed by atoms with E-state index in [0.717, 1.165) is 5.69 Å². The predicted octanol–water partition coefficient (Wildman–Crippen LogP) is 1.81. The molecule has 0 N–H and O–H groups in total. The smallest absolute Gasteiger partial charge is 0.0593 e. The fourth-order valence-electron chi connectivity index (χ4n) is 0.844. The van der Waals surface area contributed by atoms with E-state index in [2.05, 4.69) is 10.1 Å². The lowest BCUT2D eigenvalue weighted by Crippen LogP contribution is -1.86. The van der Waals surface area contributed by atoms with Crippen molar-refractivity contribution in [2.75, 3.05) is 0 Å². The van der Waals surface area contributed by atoms with E-state index in [-0.39, 0.29) is 0 Å². The second-order valence-corrected chi connectivity index (χ2v) is 2.66. The molecule has 0 aliphatic rings. The molecule has 13 heavy (non-hydrogen) atoms. The van der Waals surface area contributed by atoms with Gasteiger partial charge in [0.25, 0.3) is 0 Å². The Kier molecular flexibility index (Phi) is 3.70. The molecule has 0 radical (unpaired) electrons. The van der Waals surface area contributed by atoms with Crippen LogP contribution >= 0.6 is 0 Å². The molecule has 0 atom stereocenters. The molecule has 0 amide bonds. The van der Waals surface area contributed by atoms with Crippen molar-refractivity contribution in [2.45, 2.75) is 6.92 Å². The Morgan fingerprint density at radius 2 is 1.85 bits per heavy atom. The second kappa shape index (κ2) is 5.09. The molecule has 0 aliphatic carbocycles. The van der Waals surface area contributed by atoms with E-state index in [1.165, 1.54) is 0 Å². The van der Waals surface area contributed by atoms with Gasteiger partial charge in [-0.3, -0.25) is 9.67 Å². The van der Waals surface area contributed by atoms with Crippen LogP contribution in [0.4, 0.5) is 0 Å². The van der Waals surface area contributed by atoms with Crippen molar-refractivity contribution in [1.82, 2.24) is 14.8 Å². The van der Waals surface area contributed by atoms with Gasteiger partial charge in [0, 0.05) is 25.6 Å². The minimum absolute atomic E-state index is 1.07. The Morgan fingerprint density at radius 1 is 1.15 bits per heavy atom. The highest BCUT2D eigenvalue weighted by molar-refractivity contribution is 4.93. The molecule has 2 heterocycles. The molecule has 0 saturated carbocycles. The third kappa shape index (κ3) is 4.06. The lowest BCUT2D eigenvalue weighted by atomic mass is 10.5. The van der Waals surface area contributed by atoms with Crippen LogP contribution in [0.25, 0.3) is 0 Å². The fraction of sp³-hybridized carbons (Fsp3) is 0.200. The molecule has 0 bridgehead atoms. The van der Waals surface area contributed by atoms with Crippen molar-refractivity contribution in [2.24, 2.45) is 7.05 Å². The van der Waals surface area contributed by atoms with E-state index in [9.17, 15) is 0 Å². The van der Waals surface area contributed by atoms with Crippen molar-refractivity contribution in [3.05, 3.63) is 48.5 Å². The van der Waals surface area contributed by atoms with Gasteiger partial charge in [-0.05, 0) is 25.1 Å². The molecule has 2 aromatic rings. The van der Waals surface area contributed by atoms with Gasteiger partial charge in [-0.2, -0.15) is 5.10 Å². The summed E-state index contributed by atoms with van der Waals surface area (Å²) in [7, 11) is 1.91. The zero-order valence-corrected chi connectivity index (χ0v) is 7.88. The van der Waals surface area contributed by atoms with E-state index < -0.39 is 0 Å². The molecular formula is C10H13N3.